The first-order valence-corrected chi connectivity index (χ1v) is 9.05. The van der Waals surface area contributed by atoms with Crippen LogP contribution in [0.5, 0.6) is 0 Å². The fraction of sp³-hybridized carbons (Fsp3) is 0.938. The third-order valence-electron chi connectivity index (χ3n) is 3.33. The highest BCUT2D eigenvalue weighted by Gasteiger charge is 2.36. The Hall–Kier alpha value is -0.160. The lowest BCUT2D eigenvalue weighted by molar-refractivity contribution is 0.243. The van der Waals surface area contributed by atoms with Gasteiger partial charge >= 0.3 is 0 Å². The zero-order chi connectivity index (χ0) is 15.9. The molecule has 0 aromatic rings. The molecule has 0 saturated heterocycles. The summed E-state index contributed by atoms with van der Waals surface area (Å²) in [5, 5.41) is 0. The first kappa shape index (κ1) is 19.8. The molecule has 0 saturated carbocycles. The van der Waals surface area contributed by atoms with Crippen molar-refractivity contribution in [1.82, 2.24) is 4.67 Å². The van der Waals surface area contributed by atoms with Gasteiger partial charge in [0.1, 0.15) is 14.9 Å². The predicted molar refractivity (Wildman–Crippen MR) is 89.9 cm³/mol. The molecule has 0 rings (SSSR count). The molecule has 0 aromatic carbocycles. The van der Waals surface area contributed by atoms with Crippen LogP contribution in [0.1, 0.15) is 55.4 Å². The zero-order valence-corrected chi connectivity index (χ0v) is 15.4. The van der Waals surface area contributed by atoms with E-state index in [1.54, 1.807) is 0 Å². The third-order valence-corrected chi connectivity index (χ3v) is 6.86. The molecule has 0 heterocycles. The van der Waals surface area contributed by atoms with Gasteiger partial charge in [-0.15, -0.1) is 0 Å². The molecular formula is C16H33N2OP. The van der Waals surface area contributed by atoms with Crippen molar-refractivity contribution in [1.29, 1.82) is 0 Å². The van der Waals surface area contributed by atoms with E-state index in [2.05, 4.69) is 64.9 Å². The van der Waals surface area contributed by atoms with Crippen molar-refractivity contribution in [2.45, 2.75) is 73.1 Å². The molecule has 0 radical (unpaired) electrons. The number of rotatable bonds is 9. The van der Waals surface area contributed by atoms with E-state index in [0.29, 0.717) is 42.7 Å². The minimum Gasteiger partial charge on any atom is -0.335 e. The van der Waals surface area contributed by atoms with Crippen LogP contribution in [0, 0.1) is 18.4 Å². The normalized spacial score (nSPS) is 14.1. The SMILES string of the molecule is [C-]#[N+]CCOP(C(C(C)C)C(C)C)N(C(C)C)C(C)C. The number of nitrogens with zero attached hydrogens (tertiary/aromatic N) is 2. The highest BCUT2D eigenvalue weighted by Crippen LogP contribution is 2.54. The van der Waals surface area contributed by atoms with Crippen LogP contribution in [0.4, 0.5) is 0 Å². The Balaban J connectivity index is 5.26. The van der Waals surface area contributed by atoms with Crippen molar-refractivity contribution in [3.05, 3.63) is 11.4 Å². The van der Waals surface area contributed by atoms with Gasteiger partial charge in [0.2, 0.25) is 6.54 Å². The van der Waals surface area contributed by atoms with Crippen molar-refractivity contribution in [2.24, 2.45) is 11.8 Å². The van der Waals surface area contributed by atoms with Gasteiger partial charge < -0.3 is 9.37 Å². The molecule has 0 N–H and O–H groups in total. The minimum atomic E-state index is -0.667. The fourth-order valence-electron chi connectivity index (χ4n) is 2.82. The molecule has 20 heavy (non-hydrogen) atoms. The van der Waals surface area contributed by atoms with Crippen LogP contribution in [0.25, 0.3) is 4.85 Å². The zero-order valence-electron chi connectivity index (χ0n) is 14.6. The van der Waals surface area contributed by atoms with Gasteiger partial charge in [-0.25, -0.2) is 6.57 Å². The Kier molecular flexibility index (Phi) is 9.64. The van der Waals surface area contributed by atoms with Crippen LogP contribution in [-0.2, 0) is 4.52 Å². The second kappa shape index (κ2) is 9.72. The fourth-order valence-corrected chi connectivity index (χ4v) is 5.63. The van der Waals surface area contributed by atoms with Gasteiger partial charge in [0.25, 0.3) is 0 Å². The number of hydrogen-bond donors (Lipinski definition) is 0. The standard InChI is InChI=1S/C16H33N2OP/c1-12(2)16(13(3)4)20(19-11-10-17-9)18(14(5)6)15(7)8/h12-16H,10-11H2,1-8H3. The topological polar surface area (TPSA) is 16.8 Å². The van der Waals surface area contributed by atoms with E-state index < -0.39 is 8.30 Å². The number of hydrogen-bond acceptors (Lipinski definition) is 2. The van der Waals surface area contributed by atoms with Crippen LogP contribution in [0.2, 0.25) is 0 Å². The van der Waals surface area contributed by atoms with Gasteiger partial charge in [0, 0.05) is 17.7 Å². The summed E-state index contributed by atoms with van der Waals surface area (Å²) in [6, 6.07) is 0.933. The Labute approximate surface area is 127 Å². The quantitative estimate of drug-likeness (QED) is 0.337. The molecule has 0 fully saturated rings. The monoisotopic (exact) mass is 300 g/mol. The average Bonchev–Trinajstić information content (AvgIpc) is 2.26. The molecule has 0 aliphatic rings. The summed E-state index contributed by atoms with van der Waals surface area (Å²) in [6.45, 7) is 26.1. The molecule has 118 valence electrons. The molecule has 0 aliphatic carbocycles. The summed E-state index contributed by atoms with van der Waals surface area (Å²) in [6.07, 6.45) is 0. The summed E-state index contributed by atoms with van der Waals surface area (Å²) in [4.78, 5) is 3.42. The van der Waals surface area contributed by atoms with E-state index in [4.69, 9.17) is 11.1 Å². The van der Waals surface area contributed by atoms with Gasteiger partial charge in [-0.3, -0.25) is 4.67 Å². The van der Waals surface area contributed by atoms with Gasteiger partial charge in [-0.1, -0.05) is 27.7 Å². The first-order valence-electron chi connectivity index (χ1n) is 7.77. The summed E-state index contributed by atoms with van der Waals surface area (Å²) < 4.78 is 8.75. The van der Waals surface area contributed by atoms with E-state index >= 15 is 0 Å². The molecule has 0 amide bonds. The largest absolute Gasteiger partial charge is 0.335 e. The molecule has 0 bridgehead atoms. The smallest absolute Gasteiger partial charge is 0.238 e. The van der Waals surface area contributed by atoms with E-state index in [-0.39, 0.29) is 0 Å². The second-order valence-electron chi connectivity index (χ2n) is 6.56. The Morgan fingerprint density at radius 2 is 1.40 bits per heavy atom. The van der Waals surface area contributed by atoms with Crippen LogP contribution in [0.15, 0.2) is 0 Å². The lowest BCUT2D eigenvalue weighted by atomic mass is 10.00. The van der Waals surface area contributed by atoms with Crippen LogP contribution < -0.4 is 0 Å². The first-order chi connectivity index (χ1) is 9.23. The lowest BCUT2D eigenvalue weighted by Crippen LogP contribution is -2.39. The Bertz CT molecular complexity index is 261. The van der Waals surface area contributed by atoms with Crippen LogP contribution >= 0.6 is 8.30 Å². The maximum absolute atomic E-state index is 6.94. The van der Waals surface area contributed by atoms with E-state index in [9.17, 15) is 0 Å². The van der Waals surface area contributed by atoms with Crippen molar-refractivity contribution < 1.29 is 4.52 Å². The Morgan fingerprint density at radius 1 is 0.950 bits per heavy atom. The summed E-state index contributed by atoms with van der Waals surface area (Å²) in [5.41, 5.74) is 0.542. The molecule has 1 unspecified atom stereocenters. The van der Waals surface area contributed by atoms with Crippen LogP contribution in [0.3, 0.4) is 0 Å². The summed E-state index contributed by atoms with van der Waals surface area (Å²) in [7, 11) is -0.667. The second-order valence-corrected chi connectivity index (χ2v) is 8.49. The van der Waals surface area contributed by atoms with Crippen molar-refractivity contribution in [3.8, 4) is 0 Å². The maximum atomic E-state index is 6.94. The van der Waals surface area contributed by atoms with Crippen LogP contribution in [-0.4, -0.2) is 35.6 Å². The highest BCUT2D eigenvalue weighted by atomic mass is 31.2. The predicted octanol–water partition coefficient (Wildman–Crippen LogP) is 5.03. The molecule has 0 aromatic heterocycles. The van der Waals surface area contributed by atoms with Gasteiger partial charge in [0.15, 0.2) is 0 Å². The Morgan fingerprint density at radius 3 is 1.70 bits per heavy atom. The van der Waals surface area contributed by atoms with E-state index in [1.807, 2.05) is 0 Å². The molecule has 1 atom stereocenters. The van der Waals surface area contributed by atoms with Gasteiger partial charge in [0.05, 0.1) is 0 Å². The molecule has 3 nitrogen and oxygen atoms in total. The van der Waals surface area contributed by atoms with E-state index in [1.165, 1.54) is 0 Å². The molecule has 0 aliphatic heterocycles. The summed E-state index contributed by atoms with van der Waals surface area (Å²) >= 11 is 0. The average molecular weight is 300 g/mol. The van der Waals surface area contributed by atoms with Crippen molar-refractivity contribution in [3.63, 3.8) is 0 Å². The maximum Gasteiger partial charge on any atom is 0.238 e. The third kappa shape index (κ3) is 6.08. The van der Waals surface area contributed by atoms with Gasteiger partial charge in [-0.2, -0.15) is 0 Å². The van der Waals surface area contributed by atoms with E-state index in [0.717, 1.165) is 0 Å². The van der Waals surface area contributed by atoms with Crippen molar-refractivity contribution in [2.75, 3.05) is 13.2 Å². The summed E-state index contributed by atoms with van der Waals surface area (Å²) in [5.74, 6) is 1.18. The lowest BCUT2D eigenvalue weighted by Gasteiger charge is -2.43. The highest BCUT2D eigenvalue weighted by molar-refractivity contribution is 7.50. The minimum absolute atomic E-state index is 0.464. The molecule has 4 heteroatoms. The van der Waals surface area contributed by atoms with Gasteiger partial charge in [-0.05, 0) is 39.5 Å². The molecular weight excluding hydrogens is 267 g/mol. The van der Waals surface area contributed by atoms with Crippen molar-refractivity contribution >= 4 is 8.30 Å². The molecule has 0 spiro atoms.